The Morgan fingerprint density at radius 3 is 2.56 bits per heavy atom. The topological polar surface area (TPSA) is 50.2 Å². The Balaban J connectivity index is 2.91. The van der Waals surface area contributed by atoms with Crippen LogP contribution in [0.2, 0.25) is 3.43 Å². The minimum atomic E-state index is -0.792. The van der Waals surface area contributed by atoms with Gasteiger partial charge in [0.15, 0.2) is 0 Å². The average Bonchev–Trinajstić information content (AvgIpc) is 2.14. The second-order valence-corrected chi connectivity index (χ2v) is 11.6. The van der Waals surface area contributed by atoms with Crippen LogP contribution in [0.5, 0.6) is 0 Å². The zero-order valence-corrected chi connectivity index (χ0v) is 13.0. The van der Waals surface area contributed by atoms with Crippen molar-refractivity contribution in [3.05, 3.63) is 24.0 Å². The second kappa shape index (κ2) is 5.17. The van der Waals surface area contributed by atoms with E-state index in [0.29, 0.717) is 3.43 Å². The van der Waals surface area contributed by atoms with Crippen molar-refractivity contribution in [2.24, 2.45) is 0 Å². The average molecular weight is 326 g/mol. The van der Waals surface area contributed by atoms with Crippen molar-refractivity contribution >= 4 is 30.7 Å². The van der Waals surface area contributed by atoms with Gasteiger partial charge in [-0.2, -0.15) is 0 Å². The summed E-state index contributed by atoms with van der Waals surface area (Å²) in [4.78, 5) is 15.0. The first-order valence-corrected chi connectivity index (χ1v) is 8.11. The number of carboxylic acids is 1. The van der Waals surface area contributed by atoms with Crippen LogP contribution in [-0.2, 0) is 4.79 Å². The third kappa shape index (κ3) is 4.12. The van der Waals surface area contributed by atoms with Gasteiger partial charge in [0.25, 0.3) is 0 Å². The van der Waals surface area contributed by atoms with Gasteiger partial charge in [-0.25, -0.2) is 0 Å². The molecule has 1 N–H and O–H groups in total. The van der Waals surface area contributed by atoms with Crippen LogP contribution in [0.1, 0.15) is 39.2 Å². The van der Waals surface area contributed by atoms with E-state index in [9.17, 15) is 4.79 Å². The number of pyridine rings is 1. The molecular formula is C12H17NO2Sn. The van der Waals surface area contributed by atoms with Crippen LogP contribution < -0.4 is 3.58 Å². The Bertz CT molecular complexity index is 385. The predicted octanol–water partition coefficient (Wildman–Crippen LogP) is 1.82. The summed E-state index contributed by atoms with van der Waals surface area (Å²) < 4.78 is 1.62. The predicted molar refractivity (Wildman–Crippen MR) is 65.4 cm³/mol. The molecule has 0 fully saturated rings. The zero-order chi connectivity index (χ0) is 12.3. The molecule has 0 aliphatic carbocycles. The first kappa shape index (κ1) is 13.5. The first-order valence-electron chi connectivity index (χ1n) is 5.25. The molecule has 0 aromatic carbocycles. The number of aromatic nitrogens is 1. The van der Waals surface area contributed by atoms with Gasteiger partial charge < -0.3 is 0 Å². The van der Waals surface area contributed by atoms with Gasteiger partial charge in [-0.05, 0) is 0 Å². The van der Waals surface area contributed by atoms with Crippen molar-refractivity contribution in [2.45, 2.75) is 37.0 Å². The Labute approximate surface area is 107 Å². The third-order valence-electron chi connectivity index (χ3n) is 2.15. The number of rotatable bonds is 3. The fourth-order valence-corrected chi connectivity index (χ4v) is 4.89. The number of hydrogen-bond donors (Lipinski definition) is 1. The molecular weight excluding hydrogens is 309 g/mol. The molecule has 86 valence electrons. The van der Waals surface area contributed by atoms with Crippen LogP contribution in [0.15, 0.2) is 18.5 Å². The molecule has 0 saturated carbocycles. The molecule has 1 unspecified atom stereocenters. The van der Waals surface area contributed by atoms with Gasteiger partial charge in [0.05, 0.1) is 0 Å². The molecule has 0 spiro atoms. The molecule has 1 aromatic rings. The second-order valence-electron chi connectivity index (χ2n) is 4.94. The van der Waals surface area contributed by atoms with Crippen LogP contribution in [-0.4, -0.2) is 37.2 Å². The van der Waals surface area contributed by atoms with Gasteiger partial charge in [0.2, 0.25) is 0 Å². The Kier molecular flexibility index (Phi) is 4.35. The van der Waals surface area contributed by atoms with E-state index in [1.54, 1.807) is 13.1 Å². The number of hydrogen-bond acceptors (Lipinski definition) is 2. The van der Waals surface area contributed by atoms with E-state index < -0.39 is 33.0 Å². The molecule has 3 nitrogen and oxygen atoms in total. The molecule has 1 atom stereocenters. The Hall–Kier alpha value is -0.581. The van der Waals surface area contributed by atoms with Crippen LogP contribution in [0.4, 0.5) is 0 Å². The van der Waals surface area contributed by atoms with E-state index in [-0.39, 0.29) is 0 Å². The van der Waals surface area contributed by atoms with Crippen molar-refractivity contribution in [1.82, 2.24) is 4.98 Å². The van der Waals surface area contributed by atoms with E-state index in [1.807, 2.05) is 12.3 Å². The van der Waals surface area contributed by atoms with E-state index in [4.69, 9.17) is 5.11 Å². The van der Waals surface area contributed by atoms with Crippen LogP contribution in [0.3, 0.4) is 0 Å². The van der Waals surface area contributed by atoms with Crippen LogP contribution in [0, 0.1) is 0 Å². The molecule has 4 heteroatoms. The van der Waals surface area contributed by atoms with E-state index >= 15 is 0 Å². The van der Waals surface area contributed by atoms with Gasteiger partial charge in [-0.15, -0.1) is 0 Å². The van der Waals surface area contributed by atoms with Crippen LogP contribution >= 0.6 is 0 Å². The summed E-state index contributed by atoms with van der Waals surface area (Å²) in [6.07, 6.45) is 3.54. The first-order chi connectivity index (χ1) is 7.29. The summed E-state index contributed by atoms with van der Waals surface area (Å²) >= 11 is -0.700. The third-order valence-corrected chi connectivity index (χ3v) is 5.89. The molecule has 16 heavy (non-hydrogen) atoms. The van der Waals surface area contributed by atoms with Gasteiger partial charge in [-0.1, -0.05) is 0 Å². The van der Waals surface area contributed by atoms with Gasteiger partial charge >= 0.3 is 107 Å². The number of aliphatic carboxylic acids is 1. The fourth-order valence-electron chi connectivity index (χ4n) is 1.34. The summed E-state index contributed by atoms with van der Waals surface area (Å²) in [6.45, 7) is 8.39. The summed E-state index contributed by atoms with van der Waals surface area (Å²) in [7, 11) is 0. The van der Waals surface area contributed by atoms with Gasteiger partial charge in [0.1, 0.15) is 0 Å². The molecule has 0 bridgehead atoms. The number of carbonyl (C=O) groups is 1. The molecule has 2 radical (unpaired) electrons. The molecule has 1 rings (SSSR count). The summed E-state index contributed by atoms with van der Waals surface area (Å²) in [5.74, 6) is -1.26. The zero-order valence-electron chi connectivity index (χ0n) is 10.1. The molecule has 1 heterocycles. The maximum absolute atomic E-state index is 10.9. The molecule has 0 aliphatic heterocycles. The normalized spacial score (nSPS) is 13.5. The van der Waals surface area contributed by atoms with Gasteiger partial charge in [0, 0.05) is 0 Å². The van der Waals surface area contributed by atoms with Crippen molar-refractivity contribution < 1.29 is 9.90 Å². The summed E-state index contributed by atoms with van der Waals surface area (Å²) in [5.41, 5.74) is 0.815. The molecule has 0 saturated heterocycles. The SMILES string of the molecule is CC(C(=O)O)c1cnc[c]([Sn][C](C)(C)C)c1. The fraction of sp³-hybridized carbons (Fsp3) is 0.500. The Morgan fingerprint density at radius 1 is 1.44 bits per heavy atom. The molecule has 0 aliphatic rings. The van der Waals surface area contributed by atoms with E-state index in [2.05, 4.69) is 25.8 Å². The summed E-state index contributed by atoms with van der Waals surface area (Å²) in [5, 5.41) is 8.94. The van der Waals surface area contributed by atoms with Crippen molar-refractivity contribution in [3.63, 3.8) is 0 Å². The van der Waals surface area contributed by atoms with Gasteiger partial charge in [-0.3, -0.25) is 0 Å². The minimum absolute atomic E-state index is 0.357. The number of nitrogens with zero attached hydrogens (tertiary/aromatic N) is 1. The molecule has 0 amide bonds. The summed E-state index contributed by atoms with van der Waals surface area (Å²) in [6, 6.07) is 2.02. The van der Waals surface area contributed by atoms with E-state index in [0.717, 1.165) is 5.56 Å². The van der Waals surface area contributed by atoms with Crippen molar-refractivity contribution in [1.29, 1.82) is 0 Å². The molecule has 1 aromatic heterocycles. The monoisotopic (exact) mass is 327 g/mol. The number of carboxylic acid groups (broad SMARTS) is 1. The van der Waals surface area contributed by atoms with Crippen molar-refractivity contribution in [3.8, 4) is 0 Å². The van der Waals surface area contributed by atoms with Crippen molar-refractivity contribution in [2.75, 3.05) is 0 Å². The quantitative estimate of drug-likeness (QED) is 0.862. The maximum atomic E-state index is 10.9. The standard InChI is InChI=1S/C8H8NO2.C4H9.Sn/c1-6(8(10)11)7-3-2-4-9-5-7;1-4(2)3;/h3-6H,1H3,(H,10,11);1-3H3;. The Morgan fingerprint density at radius 2 is 2.06 bits per heavy atom. The van der Waals surface area contributed by atoms with Crippen LogP contribution in [0.25, 0.3) is 0 Å². The van der Waals surface area contributed by atoms with E-state index in [1.165, 1.54) is 3.58 Å².